The van der Waals surface area contributed by atoms with Gasteiger partial charge in [0.15, 0.2) is 11.9 Å². The minimum absolute atomic E-state index is 0.166. The molecule has 2 aromatic carbocycles. The standard InChI is InChI=1S/C21H22N2O4/c1-12-8-7-11-17(13(12)2)26-15(4)20(24)22-23-21(25)19-14(3)16-9-5-6-10-18(16)27-19/h5-11,15H,1-4H3,(H,22,24)(H,23,25). The lowest BCUT2D eigenvalue weighted by Gasteiger charge is -2.17. The van der Waals surface area contributed by atoms with E-state index in [9.17, 15) is 9.59 Å². The van der Waals surface area contributed by atoms with Crippen LogP contribution in [0.5, 0.6) is 5.75 Å². The SMILES string of the molecule is Cc1cccc(OC(C)C(=O)NNC(=O)c2oc3ccccc3c2C)c1C. The van der Waals surface area contributed by atoms with Crippen LogP contribution >= 0.6 is 0 Å². The molecule has 140 valence electrons. The number of carbonyl (C=O) groups excluding carboxylic acids is 2. The van der Waals surface area contributed by atoms with E-state index >= 15 is 0 Å². The monoisotopic (exact) mass is 366 g/mol. The van der Waals surface area contributed by atoms with E-state index in [2.05, 4.69) is 10.9 Å². The fraction of sp³-hybridized carbons (Fsp3) is 0.238. The Hall–Kier alpha value is -3.28. The average Bonchev–Trinajstić information content (AvgIpc) is 3.00. The van der Waals surface area contributed by atoms with E-state index in [1.54, 1.807) is 19.9 Å². The van der Waals surface area contributed by atoms with Gasteiger partial charge < -0.3 is 9.15 Å². The molecule has 6 nitrogen and oxygen atoms in total. The van der Waals surface area contributed by atoms with Crippen LogP contribution in [0, 0.1) is 20.8 Å². The molecule has 0 saturated heterocycles. The summed E-state index contributed by atoms with van der Waals surface area (Å²) in [5.41, 5.74) is 8.16. The number of fused-ring (bicyclic) bond motifs is 1. The molecular weight excluding hydrogens is 344 g/mol. The molecule has 0 radical (unpaired) electrons. The zero-order valence-electron chi connectivity index (χ0n) is 15.8. The van der Waals surface area contributed by atoms with Gasteiger partial charge >= 0.3 is 5.91 Å². The molecule has 0 aliphatic carbocycles. The van der Waals surface area contributed by atoms with E-state index in [0.717, 1.165) is 22.1 Å². The Balaban J connectivity index is 1.63. The molecule has 1 aromatic heterocycles. The largest absolute Gasteiger partial charge is 0.481 e. The molecule has 6 heteroatoms. The van der Waals surface area contributed by atoms with Crippen LogP contribution in [0.2, 0.25) is 0 Å². The molecule has 3 rings (SSSR count). The summed E-state index contributed by atoms with van der Waals surface area (Å²) in [6.45, 7) is 7.33. The van der Waals surface area contributed by atoms with Crippen molar-refractivity contribution in [3.8, 4) is 5.75 Å². The van der Waals surface area contributed by atoms with Gasteiger partial charge in [0.05, 0.1) is 0 Å². The molecule has 0 bridgehead atoms. The number of rotatable bonds is 4. The first-order valence-corrected chi connectivity index (χ1v) is 8.69. The number of nitrogens with one attached hydrogen (secondary N) is 2. The summed E-state index contributed by atoms with van der Waals surface area (Å²) < 4.78 is 11.3. The molecule has 1 atom stereocenters. The van der Waals surface area contributed by atoms with Gasteiger partial charge in [-0.05, 0) is 51.0 Å². The van der Waals surface area contributed by atoms with Crippen molar-refractivity contribution in [3.05, 3.63) is 64.9 Å². The number of ether oxygens (including phenoxy) is 1. The maximum absolute atomic E-state index is 12.4. The zero-order chi connectivity index (χ0) is 19.6. The van der Waals surface area contributed by atoms with E-state index in [-0.39, 0.29) is 5.76 Å². The predicted molar refractivity (Wildman–Crippen MR) is 103 cm³/mol. The van der Waals surface area contributed by atoms with Gasteiger partial charge in [0.2, 0.25) is 0 Å². The zero-order valence-corrected chi connectivity index (χ0v) is 15.8. The second kappa shape index (κ2) is 7.53. The lowest BCUT2D eigenvalue weighted by Crippen LogP contribution is -2.47. The molecule has 1 heterocycles. The van der Waals surface area contributed by atoms with E-state index in [0.29, 0.717) is 11.3 Å². The smallest absolute Gasteiger partial charge is 0.305 e. The molecule has 0 aliphatic rings. The molecule has 2 amide bonds. The molecular formula is C21H22N2O4. The summed E-state index contributed by atoms with van der Waals surface area (Å²) in [5.74, 6) is -0.175. The molecule has 0 spiro atoms. The van der Waals surface area contributed by atoms with Crippen molar-refractivity contribution in [1.29, 1.82) is 0 Å². The first kappa shape index (κ1) is 18.5. The third-order valence-electron chi connectivity index (χ3n) is 4.58. The lowest BCUT2D eigenvalue weighted by atomic mass is 10.1. The van der Waals surface area contributed by atoms with Crippen molar-refractivity contribution in [3.63, 3.8) is 0 Å². The van der Waals surface area contributed by atoms with Crippen molar-refractivity contribution in [1.82, 2.24) is 10.9 Å². The number of benzene rings is 2. The highest BCUT2D eigenvalue weighted by Gasteiger charge is 2.20. The molecule has 0 saturated carbocycles. The van der Waals surface area contributed by atoms with Crippen molar-refractivity contribution >= 4 is 22.8 Å². The van der Waals surface area contributed by atoms with E-state index < -0.39 is 17.9 Å². The maximum Gasteiger partial charge on any atom is 0.305 e. The topological polar surface area (TPSA) is 80.6 Å². The average molecular weight is 366 g/mol. The highest BCUT2D eigenvalue weighted by Crippen LogP contribution is 2.24. The van der Waals surface area contributed by atoms with Crippen LogP contribution in [-0.4, -0.2) is 17.9 Å². The van der Waals surface area contributed by atoms with Gasteiger partial charge in [0, 0.05) is 10.9 Å². The summed E-state index contributed by atoms with van der Waals surface area (Å²) in [4.78, 5) is 24.6. The van der Waals surface area contributed by atoms with Crippen LogP contribution < -0.4 is 15.6 Å². The van der Waals surface area contributed by atoms with Gasteiger partial charge in [-0.2, -0.15) is 0 Å². The molecule has 3 aromatic rings. The second-order valence-corrected chi connectivity index (χ2v) is 6.45. The van der Waals surface area contributed by atoms with Crippen LogP contribution in [0.4, 0.5) is 0 Å². The Morgan fingerprint density at radius 2 is 1.70 bits per heavy atom. The molecule has 0 fully saturated rings. The first-order valence-electron chi connectivity index (χ1n) is 8.69. The predicted octanol–water partition coefficient (Wildman–Crippen LogP) is 3.59. The second-order valence-electron chi connectivity index (χ2n) is 6.45. The molecule has 0 aliphatic heterocycles. The van der Waals surface area contributed by atoms with Gasteiger partial charge in [-0.3, -0.25) is 20.4 Å². The fourth-order valence-corrected chi connectivity index (χ4v) is 2.76. The third-order valence-corrected chi connectivity index (χ3v) is 4.58. The third kappa shape index (κ3) is 3.79. The Bertz CT molecular complexity index is 1010. The van der Waals surface area contributed by atoms with Crippen LogP contribution in [0.25, 0.3) is 11.0 Å². The van der Waals surface area contributed by atoms with Crippen molar-refractivity contribution < 1.29 is 18.7 Å². The van der Waals surface area contributed by atoms with Crippen LogP contribution in [0.3, 0.4) is 0 Å². The Labute approximate surface area is 157 Å². The minimum Gasteiger partial charge on any atom is -0.481 e. The molecule has 27 heavy (non-hydrogen) atoms. The van der Waals surface area contributed by atoms with Crippen molar-refractivity contribution in [2.45, 2.75) is 33.8 Å². The number of amides is 2. The molecule has 1 unspecified atom stereocenters. The van der Waals surface area contributed by atoms with Crippen LogP contribution in [0.15, 0.2) is 46.9 Å². The van der Waals surface area contributed by atoms with Crippen LogP contribution in [-0.2, 0) is 4.79 Å². The van der Waals surface area contributed by atoms with E-state index in [1.165, 1.54) is 0 Å². The highest BCUT2D eigenvalue weighted by atomic mass is 16.5. The highest BCUT2D eigenvalue weighted by molar-refractivity contribution is 5.99. The minimum atomic E-state index is -0.775. The van der Waals surface area contributed by atoms with Gasteiger partial charge in [-0.1, -0.05) is 30.3 Å². The summed E-state index contributed by atoms with van der Waals surface area (Å²) in [5, 5.41) is 0.862. The Morgan fingerprint density at radius 3 is 2.44 bits per heavy atom. The van der Waals surface area contributed by atoms with Crippen LogP contribution in [0.1, 0.15) is 34.2 Å². The lowest BCUT2D eigenvalue weighted by molar-refractivity contribution is -0.128. The van der Waals surface area contributed by atoms with Gasteiger partial charge in [-0.25, -0.2) is 0 Å². The summed E-state index contributed by atoms with van der Waals surface area (Å²) in [7, 11) is 0. The van der Waals surface area contributed by atoms with Crippen molar-refractivity contribution in [2.75, 3.05) is 0 Å². The summed E-state index contributed by atoms with van der Waals surface area (Å²) >= 11 is 0. The molecule has 2 N–H and O–H groups in total. The number of carbonyl (C=O) groups is 2. The summed E-state index contributed by atoms with van der Waals surface area (Å²) in [6.07, 6.45) is -0.775. The number of hydrogen-bond acceptors (Lipinski definition) is 4. The number of para-hydroxylation sites is 1. The van der Waals surface area contributed by atoms with E-state index in [4.69, 9.17) is 9.15 Å². The quantitative estimate of drug-likeness (QED) is 0.692. The van der Waals surface area contributed by atoms with E-state index in [1.807, 2.05) is 50.2 Å². The van der Waals surface area contributed by atoms with Gasteiger partial charge in [0.25, 0.3) is 5.91 Å². The normalized spacial score (nSPS) is 11.9. The number of aryl methyl sites for hydroxylation is 2. The number of hydrazine groups is 1. The maximum atomic E-state index is 12.4. The van der Waals surface area contributed by atoms with Gasteiger partial charge in [0.1, 0.15) is 11.3 Å². The van der Waals surface area contributed by atoms with Crippen molar-refractivity contribution in [2.24, 2.45) is 0 Å². The first-order chi connectivity index (χ1) is 12.9. The Morgan fingerprint density at radius 1 is 0.963 bits per heavy atom. The summed E-state index contributed by atoms with van der Waals surface area (Å²) in [6, 6.07) is 13.0. The Kier molecular flexibility index (Phi) is 5.16. The fourth-order valence-electron chi connectivity index (χ4n) is 2.76. The number of furan rings is 1. The number of hydrogen-bond donors (Lipinski definition) is 2. The van der Waals surface area contributed by atoms with Gasteiger partial charge in [-0.15, -0.1) is 0 Å².